The maximum absolute atomic E-state index is 10.5. The largest absolute Gasteiger partial charge is 0.369 e. The molecular formula is C12H14N2O. The topological polar surface area (TPSA) is 69.1 Å². The van der Waals surface area contributed by atoms with Crippen molar-refractivity contribution in [1.82, 2.24) is 0 Å². The van der Waals surface area contributed by atoms with Gasteiger partial charge in [0.15, 0.2) is 0 Å². The summed E-state index contributed by atoms with van der Waals surface area (Å²) in [6, 6.07) is 7.76. The van der Waals surface area contributed by atoms with E-state index in [0.29, 0.717) is 6.54 Å². The number of hydrogen-bond donors (Lipinski definition) is 2. The van der Waals surface area contributed by atoms with E-state index in [1.807, 2.05) is 24.3 Å². The van der Waals surface area contributed by atoms with Crippen molar-refractivity contribution in [2.24, 2.45) is 11.5 Å². The molecule has 3 nitrogen and oxygen atoms in total. The third kappa shape index (κ3) is 3.84. The van der Waals surface area contributed by atoms with Gasteiger partial charge in [0.2, 0.25) is 5.91 Å². The molecule has 0 fully saturated rings. The standard InChI is InChI=1S/C12H14N2O/c13-9-8-11-5-2-1-4-10(11)6-3-7-12(14)15/h1-2,4-5H,7-9,13H2,(H2,14,15). The van der Waals surface area contributed by atoms with Crippen LogP contribution in [0.3, 0.4) is 0 Å². The average molecular weight is 202 g/mol. The number of benzene rings is 1. The van der Waals surface area contributed by atoms with E-state index in [0.717, 1.165) is 17.5 Å². The Balaban J connectivity index is 2.81. The molecule has 1 amide bonds. The number of carbonyl (C=O) groups excluding carboxylic acids is 1. The lowest BCUT2D eigenvalue weighted by atomic mass is 10.1. The minimum absolute atomic E-state index is 0.0942. The summed E-state index contributed by atoms with van der Waals surface area (Å²) in [5.41, 5.74) is 12.5. The molecule has 3 heteroatoms. The first-order valence-electron chi connectivity index (χ1n) is 4.79. The van der Waals surface area contributed by atoms with Crippen LogP contribution in [0.4, 0.5) is 0 Å². The molecule has 1 rings (SSSR count). The van der Waals surface area contributed by atoms with Crippen molar-refractivity contribution in [2.75, 3.05) is 6.54 Å². The van der Waals surface area contributed by atoms with Crippen molar-refractivity contribution >= 4 is 5.91 Å². The normalized spacial score (nSPS) is 9.13. The van der Waals surface area contributed by atoms with Crippen LogP contribution in [0.25, 0.3) is 0 Å². The Morgan fingerprint density at radius 1 is 1.33 bits per heavy atom. The van der Waals surface area contributed by atoms with Crippen LogP contribution in [-0.4, -0.2) is 12.5 Å². The van der Waals surface area contributed by atoms with Gasteiger partial charge in [0, 0.05) is 5.56 Å². The van der Waals surface area contributed by atoms with Crippen LogP contribution in [-0.2, 0) is 11.2 Å². The van der Waals surface area contributed by atoms with E-state index in [4.69, 9.17) is 11.5 Å². The number of primary amides is 1. The molecule has 0 heterocycles. The van der Waals surface area contributed by atoms with Gasteiger partial charge in [-0.15, -0.1) is 0 Å². The van der Waals surface area contributed by atoms with Crippen molar-refractivity contribution < 1.29 is 4.79 Å². The maximum atomic E-state index is 10.5. The van der Waals surface area contributed by atoms with E-state index >= 15 is 0 Å². The highest BCUT2D eigenvalue weighted by Crippen LogP contribution is 2.07. The molecule has 0 spiro atoms. The number of hydrogen-bond acceptors (Lipinski definition) is 2. The summed E-state index contributed by atoms with van der Waals surface area (Å²) in [5.74, 6) is 5.25. The summed E-state index contributed by atoms with van der Waals surface area (Å²) in [6.07, 6.45) is 0.887. The van der Waals surface area contributed by atoms with Crippen LogP contribution in [0.15, 0.2) is 24.3 Å². The Kier molecular flexibility index (Phi) is 4.39. The van der Waals surface area contributed by atoms with E-state index in [1.54, 1.807) is 0 Å². The number of carbonyl (C=O) groups is 1. The van der Waals surface area contributed by atoms with Crippen LogP contribution in [0.1, 0.15) is 17.5 Å². The third-order valence-corrected chi connectivity index (χ3v) is 1.92. The molecule has 15 heavy (non-hydrogen) atoms. The first-order chi connectivity index (χ1) is 7.24. The Morgan fingerprint density at radius 2 is 2.07 bits per heavy atom. The minimum atomic E-state index is -0.404. The van der Waals surface area contributed by atoms with E-state index < -0.39 is 5.91 Å². The van der Waals surface area contributed by atoms with Gasteiger partial charge in [-0.2, -0.15) is 0 Å². The molecule has 0 atom stereocenters. The molecule has 0 aliphatic carbocycles. The van der Waals surface area contributed by atoms with Gasteiger partial charge in [-0.05, 0) is 24.6 Å². The lowest BCUT2D eigenvalue weighted by molar-refractivity contribution is -0.117. The van der Waals surface area contributed by atoms with Crippen molar-refractivity contribution in [1.29, 1.82) is 0 Å². The monoisotopic (exact) mass is 202 g/mol. The Morgan fingerprint density at radius 3 is 2.73 bits per heavy atom. The van der Waals surface area contributed by atoms with E-state index in [-0.39, 0.29) is 6.42 Å². The van der Waals surface area contributed by atoms with Gasteiger partial charge in [-0.1, -0.05) is 30.0 Å². The smallest absolute Gasteiger partial charge is 0.229 e. The molecule has 0 saturated heterocycles. The quantitative estimate of drug-likeness (QED) is 0.697. The summed E-state index contributed by atoms with van der Waals surface area (Å²) in [6.45, 7) is 0.592. The second-order valence-corrected chi connectivity index (χ2v) is 3.14. The predicted octanol–water partition coefficient (Wildman–Crippen LogP) is 0.415. The molecular weight excluding hydrogens is 188 g/mol. The van der Waals surface area contributed by atoms with Crippen LogP contribution in [0.2, 0.25) is 0 Å². The molecule has 1 aromatic carbocycles. The first kappa shape index (κ1) is 11.3. The molecule has 0 aliphatic rings. The molecule has 0 saturated carbocycles. The lowest BCUT2D eigenvalue weighted by Gasteiger charge is -2.01. The maximum Gasteiger partial charge on any atom is 0.229 e. The van der Waals surface area contributed by atoms with Gasteiger partial charge in [0.25, 0.3) is 0 Å². The van der Waals surface area contributed by atoms with Crippen LogP contribution in [0, 0.1) is 11.8 Å². The summed E-state index contributed by atoms with van der Waals surface area (Å²) in [7, 11) is 0. The lowest BCUT2D eigenvalue weighted by Crippen LogP contribution is -2.08. The molecule has 0 unspecified atom stereocenters. The molecule has 0 bridgehead atoms. The highest BCUT2D eigenvalue weighted by Gasteiger charge is 1.96. The zero-order valence-electron chi connectivity index (χ0n) is 8.49. The molecule has 0 radical (unpaired) electrons. The highest BCUT2D eigenvalue weighted by atomic mass is 16.1. The van der Waals surface area contributed by atoms with E-state index in [1.165, 1.54) is 0 Å². The average Bonchev–Trinajstić information content (AvgIpc) is 2.20. The van der Waals surface area contributed by atoms with Crippen molar-refractivity contribution in [3.8, 4) is 11.8 Å². The van der Waals surface area contributed by atoms with Crippen molar-refractivity contribution in [3.63, 3.8) is 0 Å². The molecule has 0 aliphatic heterocycles. The number of rotatable bonds is 3. The summed E-state index contributed by atoms with van der Waals surface area (Å²) >= 11 is 0. The SMILES string of the molecule is NCCc1ccccc1C#CCC(N)=O. The highest BCUT2D eigenvalue weighted by molar-refractivity contribution is 5.76. The fourth-order valence-electron chi connectivity index (χ4n) is 1.24. The van der Waals surface area contributed by atoms with Gasteiger partial charge in [-0.25, -0.2) is 0 Å². The molecule has 0 aromatic heterocycles. The van der Waals surface area contributed by atoms with Gasteiger partial charge in [0.1, 0.15) is 0 Å². The second kappa shape index (κ2) is 5.84. The van der Waals surface area contributed by atoms with Gasteiger partial charge in [-0.3, -0.25) is 4.79 Å². The van der Waals surface area contributed by atoms with Crippen LogP contribution < -0.4 is 11.5 Å². The van der Waals surface area contributed by atoms with Crippen LogP contribution >= 0.6 is 0 Å². The summed E-state index contributed by atoms with van der Waals surface area (Å²) < 4.78 is 0. The third-order valence-electron chi connectivity index (χ3n) is 1.92. The predicted molar refractivity (Wildman–Crippen MR) is 59.9 cm³/mol. The van der Waals surface area contributed by atoms with E-state index in [9.17, 15) is 4.79 Å². The van der Waals surface area contributed by atoms with Gasteiger partial charge < -0.3 is 11.5 Å². The van der Waals surface area contributed by atoms with E-state index in [2.05, 4.69) is 11.8 Å². The zero-order valence-corrected chi connectivity index (χ0v) is 8.49. The number of amides is 1. The van der Waals surface area contributed by atoms with Crippen molar-refractivity contribution in [2.45, 2.75) is 12.8 Å². The Labute approximate surface area is 89.5 Å². The van der Waals surface area contributed by atoms with Crippen LogP contribution in [0.5, 0.6) is 0 Å². The Hall–Kier alpha value is -1.79. The summed E-state index contributed by atoms with van der Waals surface area (Å²) in [4.78, 5) is 10.5. The van der Waals surface area contributed by atoms with Crippen molar-refractivity contribution in [3.05, 3.63) is 35.4 Å². The fourth-order valence-corrected chi connectivity index (χ4v) is 1.24. The van der Waals surface area contributed by atoms with Gasteiger partial charge >= 0.3 is 0 Å². The summed E-state index contributed by atoms with van der Waals surface area (Å²) in [5, 5.41) is 0. The second-order valence-electron chi connectivity index (χ2n) is 3.14. The minimum Gasteiger partial charge on any atom is -0.369 e. The van der Waals surface area contributed by atoms with Gasteiger partial charge in [0.05, 0.1) is 6.42 Å². The zero-order chi connectivity index (χ0) is 11.1. The molecule has 78 valence electrons. The Bertz CT molecular complexity index is 402. The molecule has 1 aromatic rings. The molecule has 4 N–H and O–H groups in total. The fraction of sp³-hybridized carbons (Fsp3) is 0.250. The first-order valence-corrected chi connectivity index (χ1v) is 4.79. The number of nitrogens with two attached hydrogens (primary N) is 2.